The smallest absolute Gasteiger partial charge is 0.254 e. The highest BCUT2D eigenvalue weighted by Crippen LogP contribution is 2.15. The van der Waals surface area contributed by atoms with Crippen LogP contribution >= 0.6 is 0 Å². The number of Topliss-reactive ketones (excluding diaryl/α,β-unsaturated/α-hetero) is 1. The molecule has 0 aliphatic carbocycles. The van der Waals surface area contributed by atoms with Crippen molar-refractivity contribution in [3.8, 4) is 5.75 Å². The van der Waals surface area contributed by atoms with Gasteiger partial charge in [0.25, 0.3) is 5.91 Å². The first kappa shape index (κ1) is 13.2. The molecule has 0 aliphatic heterocycles. The molecule has 0 heterocycles. The van der Waals surface area contributed by atoms with Gasteiger partial charge in [0.1, 0.15) is 11.6 Å². The van der Waals surface area contributed by atoms with Crippen LogP contribution in [0.2, 0.25) is 0 Å². The summed E-state index contributed by atoms with van der Waals surface area (Å²) in [7, 11) is 0. The van der Waals surface area contributed by atoms with Crippen LogP contribution in [0.3, 0.4) is 0 Å². The molecule has 2 N–H and O–H groups in total. The minimum Gasteiger partial charge on any atom is -0.508 e. The zero-order valence-electron chi connectivity index (χ0n) is 9.66. The van der Waals surface area contributed by atoms with Gasteiger partial charge < -0.3 is 10.4 Å². The number of carbonyl (C=O) groups excluding carboxylic acids is 2. The number of phenols is 1. The molecule has 0 fully saturated rings. The van der Waals surface area contributed by atoms with Crippen molar-refractivity contribution in [3.63, 3.8) is 0 Å². The van der Waals surface area contributed by atoms with Crippen molar-refractivity contribution in [2.24, 2.45) is 0 Å². The monoisotopic (exact) mass is 239 g/mol. The molecule has 1 amide bonds. The maximum absolute atomic E-state index is 13.3. The molecule has 0 saturated carbocycles. The Morgan fingerprint density at radius 3 is 2.65 bits per heavy atom. The molecule has 0 aliphatic rings. The minimum absolute atomic E-state index is 0.127. The molecule has 1 aromatic rings. The first-order valence-electron chi connectivity index (χ1n) is 5.27. The number of carbonyl (C=O) groups is 2. The lowest BCUT2D eigenvalue weighted by Gasteiger charge is -2.12. The molecule has 1 unspecified atom stereocenters. The third-order valence-electron chi connectivity index (χ3n) is 2.38. The van der Waals surface area contributed by atoms with Crippen molar-refractivity contribution in [1.82, 2.24) is 5.32 Å². The zero-order valence-corrected chi connectivity index (χ0v) is 9.66. The summed E-state index contributed by atoms with van der Waals surface area (Å²) in [5, 5.41) is 11.4. The van der Waals surface area contributed by atoms with E-state index in [9.17, 15) is 14.0 Å². The third kappa shape index (κ3) is 3.27. The van der Waals surface area contributed by atoms with Crippen molar-refractivity contribution >= 4 is 11.7 Å². The van der Waals surface area contributed by atoms with Crippen LogP contribution in [0.25, 0.3) is 0 Å². The molecule has 92 valence electrons. The maximum atomic E-state index is 13.3. The second kappa shape index (κ2) is 5.43. The maximum Gasteiger partial charge on any atom is 0.254 e. The number of hydrogen-bond donors (Lipinski definition) is 2. The Kier molecular flexibility index (Phi) is 4.20. The second-order valence-corrected chi connectivity index (χ2v) is 3.68. The van der Waals surface area contributed by atoms with E-state index in [2.05, 4.69) is 5.32 Å². The van der Waals surface area contributed by atoms with E-state index in [0.717, 1.165) is 6.07 Å². The zero-order chi connectivity index (χ0) is 13.0. The summed E-state index contributed by atoms with van der Waals surface area (Å²) < 4.78 is 13.3. The van der Waals surface area contributed by atoms with Crippen LogP contribution < -0.4 is 5.32 Å². The summed E-state index contributed by atoms with van der Waals surface area (Å²) in [5.74, 6) is -1.87. The normalized spacial score (nSPS) is 11.9. The Hall–Kier alpha value is -1.91. The van der Waals surface area contributed by atoms with Gasteiger partial charge in [-0.15, -0.1) is 0 Å². The van der Waals surface area contributed by atoms with Crippen LogP contribution in [-0.2, 0) is 4.79 Å². The largest absolute Gasteiger partial charge is 0.508 e. The predicted molar refractivity (Wildman–Crippen MR) is 60.3 cm³/mol. The number of nitrogens with one attached hydrogen (secondary N) is 1. The van der Waals surface area contributed by atoms with Gasteiger partial charge in [-0.1, -0.05) is 6.92 Å². The van der Waals surface area contributed by atoms with E-state index in [1.165, 1.54) is 12.1 Å². The number of hydrogen-bond acceptors (Lipinski definition) is 3. The summed E-state index contributed by atoms with van der Waals surface area (Å²) in [5.41, 5.74) is -0.196. The SMILES string of the molecule is CCC(=O)C(C)NC(=O)c1ccc(O)cc1F. The van der Waals surface area contributed by atoms with Crippen LogP contribution in [0.5, 0.6) is 5.75 Å². The van der Waals surface area contributed by atoms with Crippen molar-refractivity contribution in [2.45, 2.75) is 26.3 Å². The van der Waals surface area contributed by atoms with Gasteiger partial charge >= 0.3 is 0 Å². The van der Waals surface area contributed by atoms with Gasteiger partial charge in [-0.25, -0.2) is 4.39 Å². The Morgan fingerprint density at radius 2 is 2.12 bits per heavy atom. The number of aromatic hydroxyl groups is 1. The number of amides is 1. The van der Waals surface area contributed by atoms with Crippen molar-refractivity contribution < 1.29 is 19.1 Å². The second-order valence-electron chi connectivity index (χ2n) is 3.68. The summed E-state index contributed by atoms with van der Waals surface area (Å²) in [6.07, 6.45) is 0.305. The van der Waals surface area contributed by atoms with E-state index in [0.29, 0.717) is 6.42 Å². The highest BCUT2D eigenvalue weighted by Gasteiger charge is 2.17. The van der Waals surface area contributed by atoms with Crippen LogP contribution in [0.4, 0.5) is 4.39 Å². The van der Waals surface area contributed by atoms with Gasteiger partial charge in [0.05, 0.1) is 11.6 Å². The Bertz CT molecular complexity index is 445. The number of benzene rings is 1. The number of rotatable bonds is 4. The highest BCUT2D eigenvalue weighted by atomic mass is 19.1. The first-order valence-corrected chi connectivity index (χ1v) is 5.27. The van der Waals surface area contributed by atoms with Crippen LogP contribution in [0.15, 0.2) is 18.2 Å². The average molecular weight is 239 g/mol. The summed E-state index contributed by atoms with van der Waals surface area (Å²) >= 11 is 0. The summed E-state index contributed by atoms with van der Waals surface area (Å²) in [4.78, 5) is 22.9. The Balaban J connectivity index is 2.80. The quantitative estimate of drug-likeness (QED) is 0.839. The van der Waals surface area contributed by atoms with Crippen LogP contribution in [0, 0.1) is 5.82 Å². The topological polar surface area (TPSA) is 66.4 Å². The molecule has 0 radical (unpaired) electrons. The molecule has 1 atom stereocenters. The van der Waals surface area contributed by atoms with Gasteiger partial charge in [0, 0.05) is 12.5 Å². The number of ketones is 1. The molecule has 4 nitrogen and oxygen atoms in total. The fraction of sp³-hybridized carbons (Fsp3) is 0.333. The minimum atomic E-state index is -0.821. The summed E-state index contributed by atoms with van der Waals surface area (Å²) in [6, 6.07) is 2.58. The predicted octanol–water partition coefficient (Wildman–Crippen LogP) is 1.63. The van der Waals surface area contributed by atoms with Gasteiger partial charge in [-0.3, -0.25) is 9.59 Å². The highest BCUT2D eigenvalue weighted by molar-refractivity contribution is 5.98. The van der Waals surface area contributed by atoms with Crippen LogP contribution in [0.1, 0.15) is 30.6 Å². The lowest BCUT2D eigenvalue weighted by atomic mass is 10.1. The van der Waals surface area contributed by atoms with Crippen molar-refractivity contribution in [3.05, 3.63) is 29.6 Å². The van der Waals surface area contributed by atoms with Crippen molar-refractivity contribution in [1.29, 1.82) is 0 Å². The van der Waals surface area contributed by atoms with E-state index in [1.54, 1.807) is 13.8 Å². The van der Waals surface area contributed by atoms with Gasteiger partial charge in [-0.2, -0.15) is 0 Å². The molecule has 0 aromatic heterocycles. The average Bonchev–Trinajstić information content (AvgIpc) is 2.27. The molecular formula is C12H14FNO3. The van der Waals surface area contributed by atoms with Crippen molar-refractivity contribution in [2.75, 3.05) is 0 Å². The van der Waals surface area contributed by atoms with Gasteiger partial charge in [-0.05, 0) is 19.1 Å². The molecule has 0 saturated heterocycles. The molecular weight excluding hydrogens is 225 g/mol. The lowest BCUT2D eigenvalue weighted by Crippen LogP contribution is -2.38. The first-order chi connectivity index (χ1) is 7.95. The molecule has 0 bridgehead atoms. The van der Waals surface area contributed by atoms with Gasteiger partial charge in [0.2, 0.25) is 0 Å². The summed E-state index contributed by atoms with van der Waals surface area (Å²) in [6.45, 7) is 3.23. The molecule has 1 aromatic carbocycles. The van der Waals surface area contributed by atoms with E-state index in [-0.39, 0.29) is 17.1 Å². The van der Waals surface area contributed by atoms with E-state index >= 15 is 0 Å². The Labute approximate surface area is 98.5 Å². The lowest BCUT2D eigenvalue weighted by molar-refractivity contribution is -0.120. The van der Waals surface area contributed by atoms with E-state index in [4.69, 9.17) is 5.11 Å². The number of phenolic OH excluding ortho intramolecular Hbond substituents is 1. The molecule has 0 spiro atoms. The molecule has 1 rings (SSSR count). The third-order valence-corrected chi connectivity index (χ3v) is 2.38. The van der Waals surface area contributed by atoms with E-state index in [1.807, 2.05) is 0 Å². The van der Waals surface area contributed by atoms with E-state index < -0.39 is 17.8 Å². The fourth-order valence-electron chi connectivity index (χ4n) is 1.35. The van der Waals surface area contributed by atoms with Crippen LogP contribution in [-0.4, -0.2) is 22.8 Å². The number of halogens is 1. The Morgan fingerprint density at radius 1 is 1.47 bits per heavy atom. The molecule has 5 heteroatoms. The van der Waals surface area contributed by atoms with Gasteiger partial charge in [0.15, 0.2) is 5.78 Å². The standard InChI is InChI=1S/C12H14FNO3/c1-3-11(16)7(2)14-12(17)9-5-4-8(15)6-10(9)13/h4-7,15H,3H2,1-2H3,(H,14,17). The fourth-order valence-corrected chi connectivity index (χ4v) is 1.35. The molecule has 17 heavy (non-hydrogen) atoms.